The van der Waals surface area contributed by atoms with Gasteiger partial charge in [-0.25, -0.2) is 0 Å². The van der Waals surface area contributed by atoms with Crippen molar-refractivity contribution in [2.75, 3.05) is 19.7 Å². The molecule has 1 fully saturated rings. The van der Waals surface area contributed by atoms with Crippen LogP contribution in [0, 0.1) is 5.92 Å². The molecule has 5 heteroatoms. The van der Waals surface area contributed by atoms with Gasteiger partial charge in [0.1, 0.15) is 0 Å². The van der Waals surface area contributed by atoms with Crippen LogP contribution in [-0.2, 0) is 16.0 Å². The van der Waals surface area contributed by atoms with E-state index in [1.54, 1.807) is 4.90 Å². The highest BCUT2D eigenvalue weighted by Crippen LogP contribution is 2.24. The maximum absolute atomic E-state index is 12.6. The van der Waals surface area contributed by atoms with Crippen LogP contribution in [0.4, 0.5) is 0 Å². The molecule has 0 aromatic carbocycles. The third-order valence-corrected chi connectivity index (χ3v) is 4.60. The van der Waals surface area contributed by atoms with Crippen molar-refractivity contribution in [2.45, 2.75) is 33.1 Å². The molecular formula is C15H21NO3S. The number of amides is 1. The predicted molar refractivity (Wildman–Crippen MR) is 79.0 cm³/mol. The molecule has 1 aromatic rings. The topological polar surface area (TPSA) is 46.6 Å². The summed E-state index contributed by atoms with van der Waals surface area (Å²) in [5.41, 5.74) is 1.10. The maximum Gasteiger partial charge on any atom is 0.310 e. The first-order chi connectivity index (χ1) is 9.67. The van der Waals surface area contributed by atoms with E-state index in [1.807, 2.05) is 18.4 Å². The van der Waals surface area contributed by atoms with E-state index >= 15 is 0 Å². The summed E-state index contributed by atoms with van der Waals surface area (Å²) < 4.78 is 5.07. The normalized spacial score (nSPS) is 18.9. The molecule has 0 saturated carbocycles. The number of esters is 1. The summed E-state index contributed by atoms with van der Waals surface area (Å²) in [6.07, 6.45) is 2.54. The third-order valence-electron chi connectivity index (χ3n) is 3.65. The summed E-state index contributed by atoms with van der Waals surface area (Å²) in [7, 11) is 0. The molecule has 0 spiro atoms. The van der Waals surface area contributed by atoms with Crippen molar-refractivity contribution in [3.8, 4) is 0 Å². The Balaban J connectivity index is 2.05. The molecule has 2 heterocycles. The highest BCUT2D eigenvalue weighted by Gasteiger charge is 2.30. The zero-order valence-electron chi connectivity index (χ0n) is 12.1. The monoisotopic (exact) mass is 295 g/mol. The molecule has 1 aromatic heterocycles. The summed E-state index contributed by atoms with van der Waals surface area (Å²) in [5.74, 6) is -0.282. The quantitative estimate of drug-likeness (QED) is 0.802. The largest absolute Gasteiger partial charge is 0.466 e. The number of ether oxygens (including phenoxy) is 1. The summed E-state index contributed by atoms with van der Waals surface area (Å²) in [4.78, 5) is 27.0. The average Bonchev–Trinajstić information content (AvgIpc) is 2.95. The highest BCUT2D eigenvalue weighted by molar-refractivity contribution is 7.12. The van der Waals surface area contributed by atoms with Crippen LogP contribution in [0.15, 0.2) is 11.4 Å². The van der Waals surface area contributed by atoms with Gasteiger partial charge in [0, 0.05) is 13.1 Å². The van der Waals surface area contributed by atoms with Gasteiger partial charge in [0.15, 0.2) is 0 Å². The van der Waals surface area contributed by atoms with Crippen LogP contribution < -0.4 is 0 Å². The second-order valence-corrected chi connectivity index (χ2v) is 5.89. The Morgan fingerprint density at radius 3 is 2.95 bits per heavy atom. The number of aryl methyl sites for hydroxylation is 1. The molecule has 0 radical (unpaired) electrons. The number of nitrogens with zero attached hydrogens (tertiary/aromatic N) is 1. The lowest BCUT2D eigenvalue weighted by Crippen LogP contribution is -2.42. The number of carbonyl (C=O) groups is 2. The average molecular weight is 295 g/mol. The number of rotatable bonds is 4. The van der Waals surface area contributed by atoms with Gasteiger partial charge in [0.25, 0.3) is 5.91 Å². The molecule has 1 unspecified atom stereocenters. The molecule has 0 bridgehead atoms. The van der Waals surface area contributed by atoms with Gasteiger partial charge in [0.05, 0.1) is 17.4 Å². The predicted octanol–water partition coefficient (Wildman–Crippen LogP) is 2.73. The van der Waals surface area contributed by atoms with Crippen LogP contribution >= 0.6 is 11.3 Å². The van der Waals surface area contributed by atoms with Crippen molar-refractivity contribution in [1.29, 1.82) is 0 Å². The smallest absolute Gasteiger partial charge is 0.310 e. The first-order valence-electron chi connectivity index (χ1n) is 7.19. The lowest BCUT2D eigenvalue weighted by atomic mass is 9.98. The summed E-state index contributed by atoms with van der Waals surface area (Å²) in [6.45, 7) is 5.47. The van der Waals surface area contributed by atoms with Crippen molar-refractivity contribution in [2.24, 2.45) is 5.92 Å². The van der Waals surface area contributed by atoms with Crippen LogP contribution in [0.25, 0.3) is 0 Å². The van der Waals surface area contributed by atoms with Crippen molar-refractivity contribution < 1.29 is 14.3 Å². The van der Waals surface area contributed by atoms with Gasteiger partial charge in [-0.2, -0.15) is 0 Å². The second-order valence-electron chi connectivity index (χ2n) is 4.97. The summed E-state index contributed by atoms with van der Waals surface area (Å²) >= 11 is 1.49. The van der Waals surface area contributed by atoms with E-state index in [1.165, 1.54) is 11.3 Å². The van der Waals surface area contributed by atoms with E-state index in [9.17, 15) is 9.59 Å². The van der Waals surface area contributed by atoms with Crippen LogP contribution in [-0.4, -0.2) is 36.5 Å². The van der Waals surface area contributed by atoms with Gasteiger partial charge in [-0.3, -0.25) is 9.59 Å². The number of carbonyl (C=O) groups excluding carboxylic acids is 2. The second kappa shape index (κ2) is 6.88. The Kier molecular flexibility index (Phi) is 5.17. The van der Waals surface area contributed by atoms with Gasteiger partial charge in [-0.1, -0.05) is 6.92 Å². The van der Waals surface area contributed by atoms with E-state index < -0.39 is 0 Å². The summed E-state index contributed by atoms with van der Waals surface area (Å²) in [6, 6.07) is 2.00. The maximum atomic E-state index is 12.6. The molecule has 1 aliphatic rings. The fourth-order valence-corrected chi connectivity index (χ4v) is 3.52. The van der Waals surface area contributed by atoms with Crippen LogP contribution in [0.2, 0.25) is 0 Å². The molecule has 20 heavy (non-hydrogen) atoms. The van der Waals surface area contributed by atoms with Gasteiger partial charge in [0.2, 0.25) is 0 Å². The van der Waals surface area contributed by atoms with Crippen molar-refractivity contribution in [3.63, 3.8) is 0 Å². The SMILES string of the molecule is CCOC(=O)C1CCCN(C(=O)c2sccc2CC)C1. The first kappa shape index (κ1) is 15.0. The Labute approximate surface area is 123 Å². The minimum absolute atomic E-state index is 0.0610. The lowest BCUT2D eigenvalue weighted by Gasteiger charge is -2.31. The number of hydrogen-bond acceptors (Lipinski definition) is 4. The Morgan fingerprint density at radius 2 is 2.25 bits per heavy atom. The van der Waals surface area contributed by atoms with Crippen molar-refractivity contribution in [1.82, 2.24) is 4.90 Å². The van der Waals surface area contributed by atoms with Crippen LogP contribution in [0.5, 0.6) is 0 Å². The zero-order valence-corrected chi connectivity index (χ0v) is 12.9. The Bertz CT molecular complexity index is 483. The first-order valence-corrected chi connectivity index (χ1v) is 8.07. The van der Waals surface area contributed by atoms with Crippen LogP contribution in [0.3, 0.4) is 0 Å². The third kappa shape index (κ3) is 3.20. The minimum atomic E-state index is -0.174. The number of thiophene rings is 1. The van der Waals surface area contributed by atoms with E-state index in [0.717, 1.165) is 36.2 Å². The fourth-order valence-electron chi connectivity index (χ4n) is 2.56. The molecule has 1 atom stereocenters. The molecule has 0 aliphatic carbocycles. The molecule has 1 saturated heterocycles. The molecule has 1 aliphatic heterocycles. The van der Waals surface area contributed by atoms with Gasteiger partial charge in [-0.15, -0.1) is 11.3 Å². The highest BCUT2D eigenvalue weighted by atomic mass is 32.1. The van der Waals surface area contributed by atoms with Gasteiger partial charge >= 0.3 is 5.97 Å². The van der Waals surface area contributed by atoms with Gasteiger partial charge < -0.3 is 9.64 Å². The Morgan fingerprint density at radius 1 is 1.45 bits per heavy atom. The molecule has 0 N–H and O–H groups in total. The van der Waals surface area contributed by atoms with Crippen molar-refractivity contribution in [3.05, 3.63) is 21.9 Å². The van der Waals surface area contributed by atoms with Gasteiger partial charge in [-0.05, 0) is 43.2 Å². The molecule has 110 valence electrons. The summed E-state index contributed by atoms with van der Waals surface area (Å²) in [5, 5.41) is 1.96. The number of hydrogen-bond donors (Lipinski definition) is 0. The van der Waals surface area contributed by atoms with E-state index in [2.05, 4.69) is 6.92 Å². The van der Waals surface area contributed by atoms with Crippen molar-refractivity contribution >= 4 is 23.2 Å². The molecular weight excluding hydrogens is 274 g/mol. The van der Waals surface area contributed by atoms with E-state index in [-0.39, 0.29) is 17.8 Å². The molecule has 4 nitrogen and oxygen atoms in total. The van der Waals surface area contributed by atoms with Crippen LogP contribution in [0.1, 0.15) is 41.9 Å². The number of likely N-dealkylation sites (tertiary alicyclic amines) is 1. The van der Waals surface area contributed by atoms with E-state index in [4.69, 9.17) is 4.74 Å². The standard InChI is InChI=1S/C15H21NO3S/c1-3-11-7-9-20-13(11)14(17)16-8-5-6-12(10-16)15(18)19-4-2/h7,9,12H,3-6,8,10H2,1-2H3. The van der Waals surface area contributed by atoms with E-state index in [0.29, 0.717) is 13.2 Å². The Hall–Kier alpha value is -1.36. The molecule has 2 rings (SSSR count). The zero-order chi connectivity index (χ0) is 14.5. The minimum Gasteiger partial charge on any atom is -0.466 e. The number of piperidine rings is 1. The molecule has 1 amide bonds. The fraction of sp³-hybridized carbons (Fsp3) is 0.600. The lowest BCUT2D eigenvalue weighted by molar-refractivity contribution is -0.149.